The summed E-state index contributed by atoms with van der Waals surface area (Å²) in [6, 6.07) is 45.2. The number of aromatic amines is 3. The van der Waals surface area contributed by atoms with Gasteiger partial charge in [0.25, 0.3) is 16.7 Å². The lowest BCUT2D eigenvalue weighted by atomic mass is 9.96. The van der Waals surface area contributed by atoms with E-state index in [0.29, 0.717) is 130 Å². The molecule has 0 spiro atoms. The van der Waals surface area contributed by atoms with Crippen molar-refractivity contribution in [2.75, 3.05) is 5.34 Å². The summed E-state index contributed by atoms with van der Waals surface area (Å²) in [4.78, 5) is 127. The molecule has 12 atom stereocenters. The van der Waals surface area contributed by atoms with Gasteiger partial charge < -0.3 is 89.4 Å². The third-order valence-electron chi connectivity index (χ3n) is 27.4. The van der Waals surface area contributed by atoms with Crippen molar-refractivity contribution in [3.05, 3.63) is 188 Å². The van der Waals surface area contributed by atoms with Crippen LogP contribution in [0.15, 0.2) is 156 Å². The van der Waals surface area contributed by atoms with Gasteiger partial charge in [0.2, 0.25) is 16.7 Å². The number of nitrogens with two attached hydrogens (primary N) is 2. The Bertz CT molecular complexity index is 6460. The Morgan fingerprint density at radius 1 is 0.374 bits per heavy atom. The lowest BCUT2D eigenvalue weighted by Crippen LogP contribution is -2.50. The number of H-pyrrole nitrogens is 3. The number of rotatable bonds is 12. The average Bonchev–Trinajstić information content (AvgIpc) is 1.62. The Kier molecular flexibility index (Phi) is 38.1. The van der Waals surface area contributed by atoms with Crippen LogP contribution in [0.4, 0.5) is 24.0 Å². The number of alkyl carbamates (subject to hydrolysis) is 3. The summed E-state index contributed by atoms with van der Waals surface area (Å²) in [7, 11) is 0. The highest BCUT2D eigenvalue weighted by Crippen LogP contribution is 2.43. The van der Waals surface area contributed by atoms with E-state index in [4.69, 9.17) is 93.2 Å². The molecule has 10 saturated heterocycles. The number of alkyl halides is 3. The lowest BCUT2D eigenvalue weighted by Gasteiger charge is -2.39. The van der Waals surface area contributed by atoms with E-state index in [1.165, 1.54) is 75.3 Å². The van der Waals surface area contributed by atoms with Crippen LogP contribution in [0.2, 0.25) is 0 Å². The van der Waals surface area contributed by atoms with E-state index in [0.717, 1.165) is 119 Å². The second-order valence-electron chi connectivity index (χ2n) is 44.8. The number of benzene rings is 5. The highest BCUT2D eigenvalue weighted by Gasteiger charge is 2.46. The van der Waals surface area contributed by atoms with E-state index in [1.54, 1.807) is 47.6 Å². The molecule has 3 amide bonds. The number of aromatic nitrogens is 6. The van der Waals surface area contributed by atoms with E-state index in [1.807, 2.05) is 111 Å². The first-order valence-corrected chi connectivity index (χ1v) is 55.0. The Morgan fingerprint density at radius 2 is 0.639 bits per heavy atom. The maximum atomic E-state index is 12.7. The van der Waals surface area contributed by atoms with Gasteiger partial charge in [0.05, 0.1) is 24.3 Å². The van der Waals surface area contributed by atoms with Gasteiger partial charge in [-0.3, -0.25) is 34.0 Å². The van der Waals surface area contributed by atoms with E-state index >= 15 is 0 Å². The van der Waals surface area contributed by atoms with E-state index in [-0.39, 0.29) is 75.5 Å². The number of hydrogen-bond acceptors (Lipinski definition) is 27. The van der Waals surface area contributed by atoms with Crippen molar-refractivity contribution in [3.63, 3.8) is 0 Å². The fourth-order valence-corrected chi connectivity index (χ4v) is 23.0. The zero-order chi connectivity index (χ0) is 106. The summed E-state index contributed by atoms with van der Waals surface area (Å²) >= 11 is 25.5. The van der Waals surface area contributed by atoms with Crippen molar-refractivity contribution in [1.82, 2.24) is 70.8 Å². The number of hydrogen-bond donors (Lipinski definition) is 9. The Hall–Kier alpha value is -9.28. The molecule has 21 rings (SSSR count). The van der Waals surface area contributed by atoms with Gasteiger partial charge in [-0.25, -0.2) is 38.9 Å². The van der Waals surface area contributed by atoms with Gasteiger partial charge in [0.1, 0.15) is 78.8 Å². The van der Waals surface area contributed by atoms with Gasteiger partial charge in [-0.1, -0.05) is 108 Å². The molecule has 5 aromatic carbocycles. The number of furan rings is 3. The number of fused-ring (bicyclic) bond motifs is 19. The summed E-state index contributed by atoms with van der Waals surface area (Å²) < 4.78 is 49.5. The molecular formula is C108H142Br3Cl3N16O17. The zero-order valence-corrected chi connectivity index (χ0v) is 93.5. The minimum atomic E-state index is -1.06. The highest BCUT2D eigenvalue weighted by molar-refractivity contribution is 9.11. The molecule has 33 nitrogen and oxygen atoms in total. The Labute approximate surface area is 897 Å². The first-order chi connectivity index (χ1) is 69.5. The summed E-state index contributed by atoms with van der Waals surface area (Å²) in [6.07, 6.45) is 19.5. The smallest absolute Gasteiger partial charge is 0.449 e. The molecular weight excluding hydrogens is 2140 g/mol. The molecule has 147 heavy (non-hydrogen) atoms. The maximum absolute atomic E-state index is 12.7. The molecule has 39 heteroatoms. The number of carbonyl (C=O) groups is 5. The number of ether oxygens (including phenoxy) is 6. The molecule has 11 N–H and O–H groups in total. The maximum Gasteiger partial charge on any atom is 0.519 e. The quantitative estimate of drug-likeness (QED) is 0.0237. The third-order valence-corrected chi connectivity index (χ3v) is 29.1. The number of piperidine rings is 5. The lowest BCUT2D eigenvalue weighted by molar-refractivity contribution is -0.0295. The van der Waals surface area contributed by atoms with Crippen LogP contribution >= 0.6 is 82.6 Å². The molecule has 798 valence electrons. The molecule has 0 radical (unpaired) electrons. The Balaban J connectivity index is 0.000000137. The first-order valence-electron chi connectivity index (χ1n) is 51.0. The summed E-state index contributed by atoms with van der Waals surface area (Å²) in [6.45, 7) is 30.4. The van der Waals surface area contributed by atoms with Crippen molar-refractivity contribution in [1.29, 1.82) is 0 Å². The molecule has 10 fully saturated rings. The molecule has 10 bridgehead atoms. The van der Waals surface area contributed by atoms with Crippen LogP contribution in [-0.4, -0.2) is 204 Å². The SMILES string of the molecule is CC(C)(C)OC(=O)NC1CC2CCC(C1)N2.CC(C)(C)OC(=O)NC1CC2CCC(C1)N2Cc1ccccc1.CC(C)(C)OC(=O)NC1C[C@H]2CC[C@@H](C1)N2Cc1nc2c(oc3ccc(Br)cc32)c(=O)[nH]1.CC(C)(C)OC(=O)OC(=O)OC(C)(C)C.ClCCl.NC1CC2CCC(C1)N2Cc1ccccc1.NC1C[C@H]2CC[C@@H](C1)N2Cc1nc2c(oc3ccc(Br)cc32)c(=O)[nH]1.O=c1[nH]c(CCl)nc2c1oc1ccc(Br)cc12. The van der Waals surface area contributed by atoms with E-state index < -0.39 is 40.3 Å². The molecule has 10 aliphatic rings. The van der Waals surface area contributed by atoms with Crippen molar-refractivity contribution < 1.29 is 65.6 Å². The van der Waals surface area contributed by atoms with Gasteiger partial charge >= 0.3 is 30.6 Å². The number of amides is 3. The van der Waals surface area contributed by atoms with Gasteiger partial charge in [-0.15, -0.1) is 34.8 Å². The fourth-order valence-electron chi connectivity index (χ4n) is 21.8. The van der Waals surface area contributed by atoms with Crippen LogP contribution in [0.3, 0.4) is 0 Å². The van der Waals surface area contributed by atoms with E-state index in [2.05, 4.69) is 174 Å². The number of nitrogens with zero attached hydrogens (tertiary/aromatic N) is 7. The number of nitrogens with one attached hydrogen (secondary N) is 7. The topological polar surface area (TPSA) is 431 Å². The van der Waals surface area contributed by atoms with Crippen LogP contribution < -0.4 is 49.4 Å². The van der Waals surface area contributed by atoms with Crippen molar-refractivity contribution >= 4 is 179 Å². The number of carbonyl (C=O) groups excluding carboxylic acids is 5. The van der Waals surface area contributed by atoms with Crippen LogP contribution in [0.25, 0.3) is 66.2 Å². The molecule has 16 heterocycles. The highest BCUT2D eigenvalue weighted by atomic mass is 79.9. The van der Waals surface area contributed by atoms with Gasteiger partial charge in [-0.2, -0.15) is 0 Å². The summed E-state index contributed by atoms with van der Waals surface area (Å²) in [5.74, 6) is 1.94. The fraction of sp³-hybridized carbons (Fsp3) is 0.565. The summed E-state index contributed by atoms with van der Waals surface area (Å²) in [5.41, 5.74) is 16.0. The van der Waals surface area contributed by atoms with Crippen molar-refractivity contribution in [2.45, 2.75) is 383 Å². The standard InChI is InChI=1S/C23H27BrN4O4.C19H28N2O2.C18H19BrN4O2.C14H20N2.C12H22N2O2.C11H6BrClN2O2.C10H18O5.CH2Cl2/c1-23(2,3)32-22(30)25-13-9-14-5-6-15(10-13)28(14)11-18-26-19-16-8-12(24)4-7-17(16)31-20(19)21(29)27-18;1-19(2,3)23-18(22)20-15-11-16-9-10-17(12-15)21(16)13-14-7-5-4-6-8-14;19-9-1-4-14-13(5-9)16-17(25-14)18(24)22-15(21-16)8-23-11-2-3-12(23)7-10(20)6-11;15-12-8-13-6-7-14(9-12)16(13)10-11-4-2-1-3-5-11;1-12(2,3)16-11(15)14-10-6-8-4-5-9(7-10)13-8;12-5-1-2-7-6(3-5)9-10(17-7)11(16)15-8(4-13)14-9;1-9(2,3)14-7(11)13-8(12)15-10(4,5)6;2-1-3/h4,7-8,13-15H,5-6,9-11H2,1-3H3,(H,25,30)(H,26,27,29);4-8,15-17H,9-13H2,1-3H3,(H,20,22);1,4-5,10-12H,2-3,6-8,20H2,(H,21,22,24);1-5,12-14H,6-10,15H2;8-10,13H,4-7H2,1-3H3,(H,14,15);1-3H,4H2,(H,14,15,16);1-6H3;1H2/t13?,14-,15+;;10?,11-,12+;;;;;. The molecule has 0 saturated carbocycles. The van der Waals surface area contributed by atoms with Gasteiger partial charge in [0.15, 0.2) is 0 Å². The monoisotopic (exact) mass is 2280 g/mol. The molecule has 11 aromatic rings. The predicted molar refractivity (Wildman–Crippen MR) is 583 cm³/mol. The van der Waals surface area contributed by atoms with Crippen LogP contribution in [0, 0.1) is 0 Å². The minimum Gasteiger partial charge on any atom is -0.449 e. The minimum absolute atomic E-state index is 0.100. The van der Waals surface area contributed by atoms with E-state index in [9.17, 15) is 38.4 Å². The van der Waals surface area contributed by atoms with Crippen molar-refractivity contribution in [2.24, 2.45) is 11.5 Å². The third kappa shape index (κ3) is 32.2. The van der Waals surface area contributed by atoms with Gasteiger partial charge in [0, 0.05) is 133 Å². The van der Waals surface area contributed by atoms with Crippen LogP contribution in [0.1, 0.15) is 261 Å². The second-order valence-corrected chi connectivity index (χ2v) is 48.6. The molecule has 8 unspecified atom stereocenters. The normalized spacial score (nSPS) is 24.1. The van der Waals surface area contributed by atoms with Crippen molar-refractivity contribution in [3.8, 4) is 0 Å². The zero-order valence-electron chi connectivity index (χ0n) is 86.5. The predicted octanol–water partition coefficient (Wildman–Crippen LogP) is 22.4. The number of halogens is 6. The molecule has 0 aliphatic carbocycles. The molecule has 6 aromatic heterocycles. The van der Waals surface area contributed by atoms with Crippen LogP contribution in [0.5, 0.6) is 0 Å². The molecule has 10 aliphatic heterocycles. The second kappa shape index (κ2) is 49.4. The van der Waals surface area contributed by atoms with Gasteiger partial charge in [-0.05, 0) is 298 Å². The largest absolute Gasteiger partial charge is 0.519 e. The summed E-state index contributed by atoms with van der Waals surface area (Å²) in [5, 5.41) is 15.3. The average molecular weight is 2280 g/mol. The Morgan fingerprint density at radius 3 is 0.925 bits per heavy atom. The van der Waals surface area contributed by atoms with Crippen LogP contribution in [-0.2, 0) is 60.5 Å². The first kappa shape index (κ1) is 113.